The Morgan fingerprint density at radius 2 is 1.95 bits per heavy atom. The van der Waals surface area contributed by atoms with Gasteiger partial charge < -0.3 is 4.74 Å². The van der Waals surface area contributed by atoms with E-state index in [4.69, 9.17) is 4.74 Å². The van der Waals surface area contributed by atoms with Crippen molar-refractivity contribution < 1.29 is 9.30 Å². The smallest absolute Gasteiger partial charge is 0.243 e. The summed E-state index contributed by atoms with van der Waals surface area (Å²) in [4.78, 5) is 0. The van der Waals surface area contributed by atoms with Gasteiger partial charge in [-0.2, -0.15) is 0 Å². The summed E-state index contributed by atoms with van der Waals surface area (Å²) in [6.07, 6.45) is 11.3. The zero-order valence-corrected chi connectivity index (χ0v) is 12.6. The average Bonchev–Trinajstić information content (AvgIpc) is 2.94. The number of hydrogen-bond donors (Lipinski definition) is 0. The molecule has 20 heavy (non-hydrogen) atoms. The molecule has 2 rings (SSSR count). The minimum absolute atomic E-state index is 0.927. The SMILES string of the molecule is CCCCn1cc[n+](CCCc2ccc(OC)cc2)c1. The van der Waals surface area contributed by atoms with Crippen molar-refractivity contribution in [2.45, 2.75) is 45.7 Å². The maximum absolute atomic E-state index is 5.17. The van der Waals surface area contributed by atoms with Crippen molar-refractivity contribution in [3.63, 3.8) is 0 Å². The van der Waals surface area contributed by atoms with Gasteiger partial charge in [0.15, 0.2) is 0 Å². The number of methoxy groups -OCH3 is 1. The largest absolute Gasteiger partial charge is 0.497 e. The van der Waals surface area contributed by atoms with E-state index in [0.717, 1.165) is 31.7 Å². The Kier molecular flexibility index (Phi) is 5.66. The van der Waals surface area contributed by atoms with Crippen LogP contribution in [-0.2, 0) is 19.5 Å². The molecule has 3 nitrogen and oxygen atoms in total. The fourth-order valence-electron chi connectivity index (χ4n) is 2.30. The minimum Gasteiger partial charge on any atom is -0.497 e. The summed E-state index contributed by atoms with van der Waals surface area (Å²) < 4.78 is 9.72. The molecular formula is C17H25N2O+. The molecule has 0 fully saturated rings. The van der Waals surface area contributed by atoms with Crippen molar-refractivity contribution >= 4 is 0 Å². The summed E-state index contributed by atoms with van der Waals surface area (Å²) in [6.45, 7) is 4.43. The first-order valence-corrected chi connectivity index (χ1v) is 7.49. The molecule has 0 atom stereocenters. The van der Waals surface area contributed by atoms with E-state index in [1.807, 2.05) is 12.1 Å². The summed E-state index contributed by atoms with van der Waals surface area (Å²) >= 11 is 0. The molecule has 0 aliphatic heterocycles. The third kappa shape index (κ3) is 4.41. The van der Waals surface area contributed by atoms with Crippen LogP contribution in [0.2, 0.25) is 0 Å². The van der Waals surface area contributed by atoms with Crippen LogP contribution in [-0.4, -0.2) is 11.7 Å². The highest BCUT2D eigenvalue weighted by Gasteiger charge is 2.03. The van der Waals surface area contributed by atoms with E-state index in [-0.39, 0.29) is 0 Å². The van der Waals surface area contributed by atoms with E-state index in [1.165, 1.54) is 18.4 Å². The Morgan fingerprint density at radius 3 is 2.65 bits per heavy atom. The Hall–Kier alpha value is -1.77. The molecule has 0 N–H and O–H groups in total. The van der Waals surface area contributed by atoms with Gasteiger partial charge in [-0.15, -0.1) is 0 Å². The van der Waals surface area contributed by atoms with Crippen LogP contribution in [0.1, 0.15) is 31.7 Å². The number of hydrogen-bond acceptors (Lipinski definition) is 1. The molecule has 0 spiro atoms. The lowest BCUT2D eigenvalue weighted by Gasteiger charge is -2.02. The number of imidazole rings is 1. The van der Waals surface area contributed by atoms with Gasteiger partial charge in [-0.3, -0.25) is 0 Å². The van der Waals surface area contributed by atoms with Crippen LogP contribution in [0.25, 0.3) is 0 Å². The van der Waals surface area contributed by atoms with Crippen LogP contribution in [0.4, 0.5) is 0 Å². The fourth-order valence-corrected chi connectivity index (χ4v) is 2.30. The molecule has 0 saturated heterocycles. The maximum atomic E-state index is 5.17. The van der Waals surface area contributed by atoms with Crippen molar-refractivity contribution in [2.75, 3.05) is 7.11 Å². The first-order valence-electron chi connectivity index (χ1n) is 7.49. The van der Waals surface area contributed by atoms with Gasteiger partial charge in [-0.25, -0.2) is 9.13 Å². The second kappa shape index (κ2) is 7.73. The van der Waals surface area contributed by atoms with Gasteiger partial charge in [0.25, 0.3) is 0 Å². The minimum atomic E-state index is 0.927. The van der Waals surface area contributed by atoms with Crippen molar-refractivity contribution in [3.8, 4) is 5.75 Å². The van der Waals surface area contributed by atoms with Crippen LogP contribution in [0.3, 0.4) is 0 Å². The zero-order valence-electron chi connectivity index (χ0n) is 12.6. The molecule has 0 bridgehead atoms. The Morgan fingerprint density at radius 1 is 1.15 bits per heavy atom. The monoisotopic (exact) mass is 273 g/mol. The second-order valence-electron chi connectivity index (χ2n) is 5.19. The number of aromatic nitrogens is 2. The van der Waals surface area contributed by atoms with Crippen molar-refractivity contribution in [2.24, 2.45) is 0 Å². The Balaban J connectivity index is 1.75. The molecular weight excluding hydrogens is 248 g/mol. The summed E-state index contributed by atoms with van der Waals surface area (Å²) in [5, 5.41) is 0. The van der Waals surface area contributed by atoms with Crippen molar-refractivity contribution in [1.29, 1.82) is 0 Å². The van der Waals surface area contributed by atoms with Crippen LogP contribution in [0.15, 0.2) is 43.0 Å². The molecule has 3 heteroatoms. The second-order valence-corrected chi connectivity index (χ2v) is 5.19. The molecule has 2 aromatic rings. The first kappa shape index (κ1) is 14.6. The summed E-state index contributed by atoms with van der Waals surface area (Å²) in [5.41, 5.74) is 1.37. The summed E-state index contributed by atoms with van der Waals surface area (Å²) in [6, 6.07) is 8.36. The van der Waals surface area contributed by atoms with Crippen molar-refractivity contribution in [3.05, 3.63) is 48.5 Å². The zero-order chi connectivity index (χ0) is 14.2. The lowest BCUT2D eigenvalue weighted by Crippen LogP contribution is -2.31. The van der Waals surface area contributed by atoms with Crippen LogP contribution >= 0.6 is 0 Å². The van der Waals surface area contributed by atoms with Gasteiger partial charge in [0.05, 0.1) is 20.2 Å². The fraction of sp³-hybridized carbons (Fsp3) is 0.471. The number of ether oxygens (including phenoxy) is 1. The summed E-state index contributed by atoms with van der Waals surface area (Å²) in [7, 11) is 1.70. The van der Waals surface area contributed by atoms with E-state index in [1.54, 1.807) is 7.11 Å². The van der Waals surface area contributed by atoms with E-state index >= 15 is 0 Å². The van der Waals surface area contributed by atoms with E-state index in [2.05, 4.69) is 46.9 Å². The highest BCUT2D eigenvalue weighted by atomic mass is 16.5. The van der Waals surface area contributed by atoms with E-state index < -0.39 is 0 Å². The molecule has 108 valence electrons. The molecule has 0 unspecified atom stereocenters. The third-order valence-electron chi connectivity index (χ3n) is 3.56. The quantitative estimate of drug-likeness (QED) is 0.675. The number of unbranched alkanes of at least 4 members (excludes halogenated alkanes) is 1. The van der Waals surface area contributed by atoms with Gasteiger partial charge in [-0.05, 0) is 37.0 Å². The molecule has 1 heterocycles. The Bertz CT molecular complexity index is 502. The maximum Gasteiger partial charge on any atom is 0.243 e. The van der Waals surface area contributed by atoms with Gasteiger partial charge in [0.1, 0.15) is 18.1 Å². The molecule has 0 amide bonds. The molecule has 1 aromatic heterocycles. The Labute approximate surface area is 121 Å². The predicted octanol–water partition coefficient (Wildman–Crippen LogP) is 3.22. The number of aryl methyl sites for hydroxylation is 3. The van der Waals surface area contributed by atoms with E-state index in [9.17, 15) is 0 Å². The molecule has 0 aliphatic rings. The lowest BCUT2D eigenvalue weighted by molar-refractivity contribution is -0.696. The van der Waals surface area contributed by atoms with Gasteiger partial charge in [-0.1, -0.05) is 25.5 Å². The van der Waals surface area contributed by atoms with Gasteiger partial charge >= 0.3 is 0 Å². The number of benzene rings is 1. The van der Waals surface area contributed by atoms with E-state index in [0.29, 0.717) is 0 Å². The standard InChI is InChI=1S/C17H25N2O/c1-3-4-11-18-13-14-19(15-18)12-5-6-16-7-9-17(20-2)10-8-16/h7-10,13-15H,3-6,11-12H2,1-2H3/q+1. The number of nitrogens with zero attached hydrogens (tertiary/aromatic N) is 2. The van der Waals surface area contributed by atoms with Crippen LogP contribution in [0, 0.1) is 0 Å². The predicted molar refractivity (Wildman–Crippen MR) is 80.9 cm³/mol. The normalized spacial score (nSPS) is 10.7. The third-order valence-corrected chi connectivity index (χ3v) is 3.56. The van der Waals surface area contributed by atoms with Crippen molar-refractivity contribution in [1.82, 2.24) is 4.57 Å². The first-order chi connectivity index (χ1) is 9.81. The van der Waals surface area contributed by atoms with Crippen LogP contribution in [0.5, 0.6) is 5.75 Å². The highest BCUT2D eigenvalue weighted by molar-refractivity contribution is 5.27. The summed E-state index contributed by atoms with van der Waals surface area (Å²) in [5.74, 6) is 0.927. The average molecular weight is 273 g/mol. The van der Waals surface area contributed by atoms with Gasteiger partial charge in [0, 0.05) is 0 Å². The molecule has 0 radical (unpaired) electrons. The highest BCUT2D eigenvalue weighted by Crippen LogP contribution is 2.12. The molecule has 0 aliphatic carbocycles. The lowest BCUT2D eigenvalue weighted by atomic mass is 10.1. The molecule has 1 aromatic carbocycles. The number of rotatable bonds is 8. The van der Waals surface area contributed by atoms with Gasteiger partial charge in [0.2, 0.25) is 6.33 Å². The molecule has 0 saturated carbocycles. The topological polar surface area (TPSA) is 18.0 Å². The van der Waals surface area contributed by atoms with Crippen LogP contribution < -0.4 is 9.30 Å².